The molecule has 23 heavy (non-hydrogen) atoms. The number of rotatable bonds is 4. The second-order valence-electron chi connectivity index (χ2n) is 5.15. The molecular formula is C16H13N3O3S. The van der Waals surface area contributed by atoms with E-state index < -0.39 is 4.92 Å². The number of hydrogen-bond acceptors (Lipinski definition) is 5. The molecule has 0 spiro atoms. The van der Waals surface area contributed by atoms with Crippen LogP contribution in [0, 0.1) is 17.0 Å². The number of ketones is 1. The lowest BCUT2D eigenvalue weighted by molar-refractivity contribution is -0.387. The fraction of sp³-hybridized carbons (Fsp3) is 0.125. The molecule has 0 aliphatic rings. The Morgan fingerprint density at radius 2 is 2.04 bits per heavy atom. The fourth-order valence-corrected chi connectivity index (χ4v) is 3.21. The fourth-order valence-electron chi connectivity index (χ4n) is 2.24. The predicted molar refractivity (Wildman–Crippen MR) is 88.8 cm³/mol. The van der Waals surface area contributed by atoms with E-state index in [4.69, 9.17) is 0 Å². The zero-order valence-electron chi connectivity index (χ0n) is 12.5. The standard InChI is InChI=1S/C16H13N3O3S/c1-10-3-5-14-13(7-10)17-9-18(14)23-16-8-12(11(2)20)4-6-15(16)19(21)22/h3-9H,1-2H3. The number of Topliss-reactive ketones (excluding diaryl/α,β-unsaturated/α-hetero) is 1. The van der Waals surface area contributed by atoms with Gasteiger partial charge in [-0.05, 0) is 43.7 Å². The largest absolute Gasteiger partial charge is 0.295 e. The van der Waals surface area contributed by atoms with E-state index in [0.717, 1.165) is 16.6 Å². The van der Waals surface area contributed by atoms with Crippen molar-refractivity contribution in [2.45, 2.75) is 18.7 Å². The van der Waals surface area contributed by atoms with E-state index in [1.54, 1.807) is 16.4 Å². The van der Waals surface area contributed by atoms with Crippen molar-refractivity contribution >= 4 is 34.5 Å². The van der Waals surface area contributed by atoms with Crippen LogP contribution in [0.4, 0.5) is 5.69 Å². The van der Waals surface area contributed by atoms with Crippen LogP contribution in [0.1, 0.15) is 22.8 Å². The van der Waals surface area contributed by atoms with E-state index in [-0.39, 0.29) is 11.5 Å². The molecule has 0 bridgehead atoms. The topological polar surface area (TPSA) is 78.0 Å². The minimum atomic E-state index is -0.449. The smallest absolute Gasteiger partial charge is 0.284 e. The minimum absolute atomic E-state index is 0.0334. The molecule has 116 valence electrons. The Morgan fingerprint density at radius 3 is 2.74 bits per heavy atom. The van der Waals surface area contributed by atoms with Crippen LogP contribution in [0.2, 0.25) is 0 Å². The molecule has 0 unspecified atom stereocenters. The van der Waals surface area contributed by atoms with Gasteiger partial charge in [0.05, 0.1) is 16.0 Å². The Balaban J connectivity index is 2.08. The number of imidazole rings is 1. The Morgan fingerprint density at radius 1 is 1.26 bits per heavy atom. The minimum Gasteiger partial charge on any atom is -0.295 e. The monoisotopic (exact) mass is 327 g/mol. The first kappa shape index (κ1) is 15.2. The molecule has 0 N–H and O–H groups in total. The first-order valence-corrected chi connectivity index (χ1v) is 7.64. The molecule has 6 nitrogen and oxygen atoms in total. The summed E-state index contributed by atoms with van der Waals surface area (Å²) in [5.41, 5.74) is 3.19. The van der Waals surface area contributed by atoms with E-state index in [0.29, 0.717) is 10.5 Å². The lowest BCUT2D eigenvalue weighted by Gasteiger charge is -2.06. The van der Waals surface area contributed by atoms with Crippen molar-refractivity contribution in [3.63, 3.8) is 0 Å². The first-order chi connectivity index (χ1) is 11.0. The van der Waals surface area contributed by atoms with Gasteiger partial charge in [0.15, 0.2) is 5.78 Å². The van der Waals surface area contributed by atoms with Gasteiger partial charge in [-0.15, -0.1) is 0 Å². The van der Waals surface area contributed by atoms with E-state index in [1.807, 2.05) is 25.1 Å². The molecule has 1 aromatic heterocycles. The van der Waals surface area contributed by atoms with E-state index >= 15 is 0 Å². The van der Waals surface area contributed by atoms with Gasteiger partial charge >= 0.3 is 0 Å². The van der Waals surface area contributed by atoms with Crippen molar-refractivity contribution in [3.8, 4) is 0 Å². The average molecular weight is 327 g/mol. The quantitative estimate of drug-likeness (QED) is 0.411. The molecule has 0 amide bonds. The van der Waals surface area contributed by atoms with Crippen LogP contribution < -0.4 is 0 Å². The lowest BCUT2D eigenvalue weighted by Crippen LogP contribution is -1.97. The zero-order valence-corrected chi connectivity index (χ0v) is 13.3. The molecule has 0 aliphatic heterocycles. The van der Waals surface area contributed by atoms with Gasteiger partial charge in [0.2, 0.25) is 0 Å². The highest BCUT2D eigenvalue weighted by Gasteiger charge is 2.18. The molecule has 0 aliphatic carbocycles. The van der Waals surface area contributed by atoms with Crippen LogP contribution >= 0.6 is 11.9 Å². The molecule has 3 rings (SSSR count). The molecule has 0 fully saturated rings. The summed E-state index contributed by atoms with van der Waals surface area (Å²) >= 11 is 1.18. The number of nitrogens with zero attached hydrogens (tertiary/aromatic N) is 3. The van der Waals surface area contributed by atoms with Gasteiger partial charge in [-0.3, -0.25) is 18.9 Å². The van der Waals surface area contributed by atoms with Crippen molar-refractivity contribution in [1.29, 1.82) is 0 Å². The Labute approximate surface area is 136 Å². The Bertz CT molecular complexity index is 933. The summed E-state index contributed by atoms with van der Waals surface area (Å²) in [5, 5.41) is 11.2. The third-order valence-corrected chi connectivity index (χ3v) is 4.44. The maximum atomic E-state index is 11.5. The number of aromatic nitrogens is 2. The van der Waals surface area contributed by atoms with Crippen molar-refractivity contribution in [2.75, 3.05) is 0 Å². The number of fused-ring (bicyclic) bond motifs is 1. The molecule has 3 aromatic rings. The van der Waals surface area contributed by atoms with Gasteiger partial charge in [0.25, 0.3) is 5.69 Å². The maximum absolute atomic E-state index is 11.5. The molecular weight excluding hydrogens is 314 g/mol. The van der Waals surface area contributed by atoms with Gasteiger partial charge in [-0.25, -0.2) is 4.98 Å². The molecule has 0 saturated heterocycles. The summed E-state index contributed by atoms with van der Waals surface area (Å²) in [6.45, 7) is 3.41. The van der Waals surface area contributed by atoms with Gasteiger partial charge in [0, 0.05) is 23.6 Å². The van der Waals surface area contributed by atoms with Crippen LogP contribution in [0.5, 0.6) is 0 Å². The zero-order chi connectivity index (χ0) is 16.6. The normalized spacial score (nSPS) is 10.9. The summed E-state index contributed by atoms with van der Waals surface area (Å²) in [7, 11) is 0. The number of carbonyl (C=O) groups excluding carboxylic acids is 1. The number of nitro groups is 1. The molecule has 2 aromatic carbocycles. The van der Waals surface area contributed by atoms with Crippen LogP contribution in [0.25, 0.3) is 11.0 Å². The second-order valence-corrected chi connectivity index (χ2v) is 6.17. The van der Waals surface area contributed by atoms with Crippen molar-refractivity contribution in [3.05, 3.63) is 64.0 Å². The highest BCUT2D eigenvalue weighted by Crippen LogP contribution is 2.33. The maximum Gasteiger partial charge on any atom is 0.284 e. The number of hydrogen-bond donors (Lipinski definition) is 0. The highest BCUT2D eigenvalue weighted by atomic mass is 32.2. The van der Waals surface area contributed by atoms with E-state index in [2.05, 4.69) is 4.98 Å². The van der Waals surface area contributed by atoms with Gasteiger partial charge in [0.1, 0.15) is 11.2 Å². The van der Waals surface area contributed by atoms with Crippen LogP contribution in [-0.2, 0) is 0 Å². The van der Waals surface area contributed by atoms with Crippen LogP contribution in [0.3, 0.4) is 0 Å². The van der Waals surface area contributed by atoms with Crippen LogP contribution in [0.15, 0.2) is 47.6 Å². The molecule has 0 saturated carbocycles. The number of carbonyl (C=O) groups is 1. The number of aryl methyl sites for hydroxylation is 1. The lowest BCUT2D eigenvalue weighted by atomic mass is 10.1. The molecule has 0 atom stereocenters. The predicted octanol–water partition coefficient (Wildman–Crippen LogP) is 4.01. The number of nitro benzene ring substituents is 1. The van der Waals surface area contributed by atoms with Crippen molar-refractivity contribution < 1.29 is 9.72 Å². The third-order valence-electron chi connectivity index (χ3n) is 3.43. The first-order valence-electron chi connectivity index (χ1n) is 6.87. The SMILES string of the molecule is CC(=O)c1ccc([N+](=O)[O-])c(Sn2cnc3cc(C)ccc32)c1. The van der Waals surface area contributed by atoms with Crippen molar-refractivity contribution in [2.24, 2.45) is 0 Å². The average Bonchev–Trinajstić information content (AvgIpc) is 2.89. The molecule has 7 heteroatoms. The highest BCUT2D eigenvalue weighted by molar-refractivity contribution is 7.98. The van der Waals surface area contributed by atoms with Gasteiger partial charge in [-0.2, -0.15) is 0 Å². The number of benzene rings is 2. The Hall–Kier alpha value is -2.67. The summed E-state index contributed by atoms with van der Waals surface area (Å²) in [6.07, 6.45) is 1.62. The third kappa shape index (κ3) is 2.95. The van der Waals surface area contributed by atoms with Crippen molar-refractivity contribution in [1.82, 2.24) is 8.96 Å². The van der Waals surface area contributed by atoms with E-state index in [9.17, 15) is 14.9 Å². The summed E-state index contributed by atoms with van der Waals surface area (Å²) in [4.78, 5) is 27.0. The summed E-state index contributed by atoms with van der Waals surface area (Å²) in [6, 6.07) is 10.2. The van der Waals surface area contributed by atoms with Gasteiger partial charge in [-0.1, -0.05) is 6.07 Å². The second kappa shape index (κ2) is 5.85. The van der Waals surface area contributed by atoms with E-state index in [1.165, 1.54) is 31.0 Å². The summed E-state index contributed by atoms with van der Waals surface area (Å²) in [5.74, 6) is -0.132. The van der Waals surface area contributed by atoms with Gasteiger partial charge < -0.3 is 0 Å². The summed E-state index contributed by atoms with van der Waals surface area (Å²) < 4.78 is 1.76. The molecule has 1 heterocycles. The molecule has 0 radical (unpaired) electrons. The van der Waals surface area contributed by atoms with Crippen LogP contribution in [-0.4, -0.2) is 19.7 Å². The Kier molecular flexibility index (Phi) is 3.87.